The summed E-state index contributed by atoms with van der Waals surface area (Å²) in [7, 11) is 0. The third-order valence-corrected chi connectivity index (χ3v) is 3.57. The number of cyclic esters (lactones) is 1. The Morgan fingerprint density at radius 1 is 1.12 bits per heavy atom. The fourth-order valence-electron chi connectivity index (χ4n) is 2.43. The number of hydrogen-bond donors (Lipinski definition) is 3. The molecule has 0 radical (unpaired) electrons. The molecular formula is C18H20O6. The van der Waals surface area contributed by atoms with Crippen molar-refractivity contribution in [3.63, 3.8) is 0 Å². The Balaban J connectivity index is 2.41. The monoisotopic (exact) mass is 332 g/mol. The molecule has 1 aromatic rings. The Kier molecular flexibility index (Phi) is 5.76. The van der Waals surface area contributed by atoms with Gasteiger partial charge in [-0.3, -0.25) is 4.79 Å². The SMILES string of the molecule is C[C@@H]1C/C=C/[C@H](O)C/C=C/C(=O)Cc2cc(O)cc(O)c2C(=O)O1. The number of carbonyl (C=O) groups excluding carboxylic acids is 2. The number of carbonyl (C=O) groups is 2. The highest BCUT2D eigenvalue weighted by molar-refractivity contribution is 5.98. The number of rotatable bonds is 0. The van der Waals surface area contributed by atoms with E-state index < -0.39 is 23.9 Å². The van der Waals surface area contributed by atoms with Gasteiger partial charge in [0, 0.05) is 18.9 Å². The summed E-state index contributed by atoms with van der Waals surface area (Å²) in [6, 6.07) is 2.29. The fourth-order valence-corrected chi connectivity index (χ4v) is 2.43. The van der Waals surface area contributed by atoms with Gasteiger partial charge < -0.3 is 20.1 Å². The Morgan fingerprint density at radius 2 is 1.88 bits per heavy atom. The summed E-state index contributed by atoms with van der Waals surface area (Å²) in [4.78, 5) is 24.3. The van der Waals surface area contributed by atoms with Gasteiger partial charge in [-0.2, -0.15) is 0 Å². The molecule has 1 heterocycles. The van der Waals surface area contributed by atoms with Crippen LogP contribution in [0.1, 0.15) is 35.7 Å². The van der Waals surface area contributed by atoms with Crippen LogP contribution in [0.5, 0.6) is 11.5 Å². The summed E-state index contributed by atoms with van der Waals surface area (Å²) in [5.41, 5.74) is 0.0648. The molecule has 0 aliphatic carbocycles. The van der Waals surface area contributed by atoms with Crippen LogP contribution in [0.25, 0.3) is 0 Å². The first-order valence-electron chi connectivity index (χ1n) is 7.66. The van der Waals surface area contributed by atoms with Crippen molar-refractivity contribution in [1.82, 2.24) is 0 Å². The molecule has 0 aromatic heterocycles. The molecule has 3 N–H and O–H groups in total. The van der Waals surface area contributed by atoms with Gasteiger partial charge in [0.2, 0.25) is 0 Å². The molecule has 0 spiro atoms. The molecule has 0 saturated heterocycles. The zero-order valence-electron chi connectivity index (χ0n) is 13.3. The van der Waals surface area contributed by atoms with Gasteiger partial charge in [-0.15, -0.1) is 0 Å². The van der Waals surface area contributed by atoms with Crippen molar-refractivity contribution in [2.24, 2.45) is 0 Å². The van der Waals surface area contributed by atoms with Gasteiger partial charge in [-0.25, -0.2) is 4.79 Å². The van der Waals surface area contributed by atoms with Crippen LogP contribution >= 0.6 is 0 Å². The number of benzene rings is 1. The number of hydrogen-bond acceptors (Lipinski definition) is 6. The second-order valence-corrected chi connectivity index (χ2v) is 5.73. The number of fused-ring (bicyclic) bond motifs is 1. The molecule has 6 heteroatoms. The Morgan fingerprint density at radius 3 is 2.62 bits per heavy atom. The Bertz CT molecular complexity index is 689. The summed E-state index contributed by atoms with van der Waals surface area (Å²) in [6.07, 6.45) is 5.44. The quantitative estimate of drug-likeness (QED) is 0.496. The molecule has 2 atom stereocenters. The van der Waals surface area contributed by atoms with Crippen molar-refractivity contribution in [2.45, 2.75) is 38.4 Å². The third kappa shape index (κ3) is 4.70. The number of phenols is 2. The van der Waals surface area contributed by atoms with E-state index in [1.165, 1.54) is 12.1 Å². The Labute approximate surface area is 139 Å². The van der Waals surface area contributed by atoms with Gasteiger partial charge in [-0.05, 0) is 31.1 Å². The van der Waals surface area contributed by atoms with E-state index in [-0.39, 0.29) is 35.5 Å². The van der Waals surface area contributed by atoms with Crippen LogP contribution in [0, 0.1) is 0 Å². The minimum Gasteiger partial charge on any atom is -0.508 e. The zero-order chi connectivity index (χ0) is 17.7. The van der Waals surface area contributed by atoms with Crippen molar-refractivity contribution in [2.75, 3.05) is 0 Å². The molecule has 1 aromatic carbocycles. The van der Waals surface area contributed by atoms with Crippen LogP contribution in [0.2, 0.25) is 0 Å². The number of esters is 1. The highest BCUT2D eigenvalue weighted by atomic mass is 16.5. The average molecular weight is 332 g/mol. The standard InChI is InChI=1S/C18H20O6/c1-11-4-2-5-13(19)6-3-7-14(20)8-12-9-15(21)10-16(22)17(12)18(23)24-11/h2-3,5,7,9-11,13,19,21-22H,4,6,8H2,1H3/b5-2+,7-3+/t11-,13+/m1/s1. The summed E-state index contributed by atoms with van der Waals surface area (Å²) >= 11 is 0. The van der Waals surface area contributed by atoms with Gasteiger partial charge in [0.25, 0.3) is 0 Å². The normalized spacial score (nSPS) is 25.2. The molecule has 128 valence electrons. The average Bonchev–Trinajstić information content (AvgIpc) is 2.45. The molecule has 0 saturated carbocycles. The van der Waals surface area contributed by atoms with E-state index in [0.717, 1.165) is 6.07 Å². The lowest BCUT2D eigenvalue weighted by atomic mass is 10.00. The third-order valence-electron chi connectivity index (χ3n) is 3.57. The van der Waals surface area contributed by atoms with E-state index in [0.29, 0.717) is 6.42 Å². The molecule has 24 heavy (non-hydrogen) atoms. The number of ether oxygens (including phenoxy) is 1. The lowest BCUT2D eigenvalue weighted by Crippen LogP contribution is -2.17. The van der Waals surface area contributed by atoms with Crippen LogP contribution in [0.3, 0.4) is 0 Å². The van der Waals surface area contributed by atoms with Crippen molar-refractivity contribution in [3.8, 4) is 11.5 Å². The summed E-state index contributed by atoms with van der Waals surface area (Å²) in [6.45, 7) is 1.68. The molecule has 0 amide bonds. The topological polar surface area (TPSA) is 104 Å². The van der Waals surface area contributed by atoms with Crippen LogP contribution in [0.4, 0.5) is 0 Å². The van der Waals surface area contributed by atoms with E-state index >= 15 is 0 Å². The first kappa shape index (κ1) is 17.7. The molecule has 0 fully saturated rings. The van der Waals surface area contributed by atoms with E-state index in [4.69, 9.17) is 4.74 Å². The molecule has 2 rings (SSSR count). The summed E-state index contributed by atoms with van der Waals surface area (Å²) in [5, 5.41) is 29.3. The van der Waals surface area contributed by atoms with E-state index in [1.54, 1.807) is 25.2 Å². The van der Waals surface area contributed by atoms with Crippen molar-refractivity contribution < 1.29 is 29.6 Å². The van der Waals surface area contributed by atoms with Crippen molar-refractivity contribution >= 4 is 11.8 Å². The zero-order valence-corrected chi connectivity index (χ0v) is 13.3. The minimum absolute atomic E-state index is 0.123. The maximum absolute atomic E-state index is 12.3. The van der Waals surface area contributed by atoms with Crippen molar-refractivity contribution in [3.05, 3.63) is 47.6 Å². The van der Waals surface area contributed by atoms with Gasteiger partial charge in [0.1, 0.15) is 23.2 Å². The second-order valence-electron chi connectivity index (χ2n) is 5.73. The molecule has 6 nitrogen and oxygen atoms in total. The van der Waals surface area contributed by atoms with Crippen LogP contribution in [-0.2, 0) is 16.0 Å². The van der Waals surface area contributed by atoms with E-state index in [1.807, 2.05) is 0 Å². The number of aliphatic hydroxyl groups excluding tert-OH is 1. The van der Waals surface area contributed by atoms with Gasteiger partial charge in [0.15, 0.2) is 5.78 Å². The molecule has 0 bridgehead atoms. The lowest BCUT2D eigenvalue weighted by molar-refractivity contribution is -0.114. The molecular weight excluding hydrogens is 312 g/mol. The number of allylic oxidation sites excluding steroid dienone is 1. The first-order valence-corrected chi connectivity index (χ1v) is 7.66. The Hall–Kier alpha value is -2.60. The predicted octanol–water partition coefficient (Wildman–Crippen LogP) is 2.02. The van der Waals surface area contributed by atoms with Crippen LogP contribution in [-0.4, -0.2) is 39.3 Å². The number of aromatic hydroxyl groups is 2. The maximum Gasteiger partial charge on any atom is 0.342 e. The molecule has 0 unspecified atom stereocenters. The first-order chi connectivity index (χ1) is 11.4. The van der Waals surface area contributed by atoms with Gasteiger partial charge >= 0.3 is 5.97 Å². The van der Waals surface area contributed by atoms with Crippen molar-refractivity contribution in [1.29, 1.82) is 0 Å². The van der Waals surface area contributed by atoms with Crippen LogP contribution in [0.15, 0.2) is 36.4 Å². The number of phenolic OH excluding ortho intramolecular Hbond substituents is 2. The van der Waals surface area contributed by atoms with Gasteiger partial charge in [-0.1, -0.05) is 18.2 Å². The predicted molar refractivity (Wildman–Crippen MR) is 86.9 cm³/mol. The fraction of sp³-hybridized carbons (Fsp3) is 0.333. The number of aliphatic hydroxyl groups is 1. The van der Waals surface area contributed by atoms with Gasteiger partial charge in [0.05, 0.1) is 6.10 Å². The lowest BCUT2D eigenvalue weighted by Gasteiger charge is -2.15. The van der Waals surface area contributed by atoms with E-state index in [9.17, 15) is 24.9 Å². The minimum atomic E-state index is -0.766. The second kappa shape index (κ2) is 7.79. The smallest absolute Gasteiger partial charge is 0.342 e. The molecule has 1 aliphatic rings. The maximum atomic E-state index is 12.3. The summed E-state index contributed by atoms with van der Waals surface area (Å²) < 4.78 is 5.27. The van der Waals surface area contributed by atoms with E-state index in [2.05, 4.69) is 0 Å². The molecule has 1 aliphatic heterocycles. The highest BCUT2D eigenvalue weighted by Gasteiger charge is 2.22. The largest absolute Gasteiger partial charge is 0.508 e. The number of ketones is 1. The van der Waals surface area contributed by atoms with Crippen LogP contribution < -0.4 is 0 Å². The highest BCUT2D eigenvalue weighted by Crippen LogP contribution is 2.29. The summed E-state index contributed by atoms with van der Waals surface area (Å²) in [5.74, 6) is -1.77.